The molecule has 1 heterocycles. The number of Topliss-reactive ketones (excluding diaryl/α,β-unsaturated/α-hetero) is 1. The van der Waals surface area contributed by atoms with Gasteiger partial charge in [0.2, 0.25) is 0 Å². The predicted octanol–water partition coefficient (Wildman–Crippen LogP) is 2.68. The SMILES string of the molecule is CC(=O)c1ccc(OCC(=O)Nc2ccc3c(c2)OCCO3)cc1. The molecule has 0 bridgehead atoms. The summed E-state index contributed by atoms with van der Waals surface area (Å²) in [6.07, 6.45) is 0. The molecule has 1 aliphatic rings. The van der Waals surface area contributed by atoms with Crippen LogP contribution < -0.4 is 19.5 Å². The second kappa shape index (κ2) is 7.04. The molecule has 24 heavy (non-hydrogen) atoms. The van der Waals surface area contributed by atoms with E-state index >= 15 is 0 Å². The second-order valence-electron chi connectivity index (χ2n) is 5.28. The van der Waals surface area contributed by atoms with Crippen LogP contribution in [0.25, 0.3) is 0 Å². The van der Waals surface area contributed by atoms with Crippen LogP contribution in [0.2, 0.25) is 0 Å². The van der Waals surface area contributed by atoms with Crippen LogP contribution in [0.1, 0.15) is 17.3 Å². The van der Waals surface area contributed by atoms with Crippen LogP contribution in [0.4, 0.5) is 5.69 Å². The Hall–Kier alpha value is -3.02. The van der Waals surface area contributed by atoms with Crippen molar-refractivity contribution in [2.24, 2.45) is 0 Å². The van der Waals surface area contributed by atoms with Crippen LogP contribution in [-0.2, 0) is 4.79 Å². The average Bonchev–Trinajstić information content (AvgIpc) is 2.60. The summed E-state index contributed by atoms with van der Waals surface area (Å²) in [6, 6.07) is 11.9. The first-order valence-electron chi connectivity index (χ1n) is 7.55. The van der Waals surface area contributed by atoms with E-state index in [1.807, 2.05) is 0 Å². The molecule has 124 valence electrons. The summed E-state index contributed by atoms with van der Waals surface area (Å²) in [5.41, 5.74) is 1.21. The molecule has 0 unspecified atom stereocenters. The van der Waals surface area contributed by atoms with E-state index in [1.54, 1.807) is 42.5 Å². The number of hydrogen-bond acceptors (Lipinski definition) is 5. The van der Waals surface area contributed by atoms with Gasteiger partial charge in [-0.25, -0.2) is 0 Å². The molecule has 1 N–H and O–H groups in total. The van der Waals surface area contributed by atoms with E-state index in [0.717, 1.165) is 0 Å². The first-order chi connectivity index (χ1) is 11.6. The van der Waals surface area contributed by atoms with Crippen LogP contribution >= 0.6 is 0 Å². The summed E-state index contributed by atoms with van der Waals surface area (Å²) in [5.74, 6) is 1.50. The van der Waals surface area contributed by atoms with E-state index in [1.165, 1.54) is 6.92 Å². The number of hydrogen-bond donors (Lipinski definition) is 1. The van der Waals surface area contributed by atoms with Crippen molar-refractivity contribution in [2.75, 3.05) is 25.1 Å². The van der Waals surface area contributed by atoms with Crippen LogP contribution in [-0.4, -0.2) is 31.5 Å². The summed E-state index contributed by atoms with van der Waals surface area (Å²) in [5, 5.41) is 2.74. The first kappa shape index (κ1) is 15.9. The van der Waals surface area contributed by atoms with Crippen LogP contribution in [0, 0.1) is 0 Å². The maximum Gasteiger partial charge on any atom is 0.262 e. The van der Waals surface area contributed by atoms with Gasteiger partial charge in [0.15, 0.2) is 23.9 Å². The highest BCUT2D eigenvalue weighted by molar-refractivity contribution is 5.94. The van der Waals surface area contributed by atoms with Gasteiger partial charge in [-0.3, -0.25) is 9.59 Å². The molecule has 0 atom stereocenters. The molecule has 0 saturated carbocycles. The number of anilines is 1. The van der Waals surface area contributed by atoms with Gasteiger partial charge in [0.05, 0.1) is 0 Å². The zero-order valence-electron chi connectivity index (χ0n) is 13.2. The lowest BCUT2D eigenvalue weighted by Crippen LogP contribution is -2.20. The fraction of sp³-hybridized carbons (Fsp3) is 0.222. The quantitative estimate of drug-likeness (QED) is 0.855. The molecule has 2 aromatic carbocycles. The Morgan fingerprint density at radius 1 is 1.04 bits per heavy atom. The highest BCUT2D eigenvalue weighted by Crippen LogP contribution is 2.32. The number of ketones is 1. The average molecular weight is 327 g/mol. The topological polar surface area (TPSA) is 73.9 Å². The van der Waals surface area contributed by atoms with Crippen molar-refractivity contribution in [3.63, 3.8) is 0 Å². The molecule has 2 aromatic rings. The number of ether oxygens (including phenoxy) is 3. The van der Waals surface area contributed by atoms with Gasteiger partial charge >= 0.3 is 0 Å². The molecule has 0 fully saturated rings. The van der Waals surface area contributed by atoms with E-state index in [2.05, 4.69) is 5.32 Å². The van der Waals surface area contributed by atoms with Crippen molar-refractivity contribution < 1.29 is 23.8 Å². The van der Waals surface area contributed by atoms with Crippen molar-refractivity contribution >= 4 is 17.4 Å². The Bertz CT molecular complexity index is 755. The van der Waals surface area contributed by atoms with E-state index in [0.29, 0.717) is 41.7 Å². The predicted molar refractivity (Wildman–Crippen MR) is 88.0 cm³/mol. The summed E-state index contributed by atoms with van der Waals surface area (Å²) >= 11 is 0. The molecule has 3 rings (SSSR count). The van der Waals surface area contributed by atoms with Crippen LogP contribution in [0.3, 0.4) is 0 Å². The molecule has 0 saturated heterocycles. The van der Waals surface area contributed by atoms with E-state index in [4.69, 9.17) is 14.2 Å². The second-order valence-corrected chi connectivity index (χ2v) is 5.28. The highest BCUT2D eigenvalue weighted by Gasteiger charge is 2.13. The number of nitrogens with one attached hydrogen (secondary N) is 1. The van der Waals surface area contributed by atoms with Crippen LogP contribution in [0.15, 0.2) is 42.5 Å². The lowest BCUT2D eigenvalue weighted by molar-refractivity contribution is -0.118. The maximum absolute atomic E-state index is 12.0. The summed E-state index contributed by atoms with van der Waals surface area (Å²) in [4.78, 5) is 23.2. The van der Waals surface area contributed by atoms with Crippen molar-refractivity contribution in [1.29, 1.82) is 0 Å². The van der Waals surface area contributed by atoms with Crippen molar-refractivity contribution in [3.05, 3.63) is 48.0 Å². The summed E-state index contributed by atoms with van der Waals surface area (Å²) < 4.78 is 16.3. The zero-order chi connectivity index (χ0) is 16.9. The van der Waals surface area contributed by atoms with Gasteiger partial charge in [-0.15, -0.1) is 0 Å². The minimum Gasteiger partial charge on any atom is -0.486 e. The first-order valence-corrected chi connectivity index (χ1v) is 7.55. The number of rotatable bonds is 5. The summed E-state index contributed by atoms with van der Waals surface area (Å²) in [7, 11) is 0. The van der Waals surface area contributed by atoms with Gasteiger partial charge in [0, 0.05) is 17.3 Å². The minimum atomic E-state index is -0.290. The molecule has 0 aromatic heterocycles. The molecular weight excluding hydrogens is 310 g/mol. The molecular formula is C18H17NO5. The Morgan fingerprint density at radius 3 is 2.46 bits per heavy atom. The Labute approximate surface area is 139 Å². The van der Waals surface area contributed by atoms with Gasteiger partial charge in [-0.2, -0.15) is 0 Å². The van der Waals surface area contributed by atoms with Gasteiger partial charge in [0.1, 0.15) is 19.0 Å². The highest BCUT2D eigenvalue weighted by atomic mass is 16.6. The Morgan fingerprint density at radius 2 is 1.75 bits per heavy atom. The number of amides is 1. The normalized spacial score (nSPS) is 12.4. The van der Waals surface area contributed by atoms with E-state index in [9.17, 15) is 9.59 Å². The molecule has 6 heteroatoms. The maximum atomic E-state index is 12.0. The largest absolute Gasteiger partial charge is 0.486 e. The van der Waals surface area contributed by atoms with Gasteiger partial charge in [-0.1, -0.05) is 0 Å². The van der Waals surface area contributed by atoms with Crippen LogP contribution in [0.5, 0.6) is 17.2 Å². The number of carbonyl (C=O) groups is 2. The number of benzene rings is 2. The van der Waals surface area contributed by atoms with E-state index < -0.39 is 0 Å². The zero-order valence-corrected chi connectivity index (χ0v) is 13.2. The number of carbonyl (C=O) groups excluding carboxylic acids is 2. The van der Waals surface area contributed by atoms with E-state index in [-0.39, 0.29) is 18.3 Å². The van der Waals surface area contributed by atoms with Gasteiger partial charge in [0.25, 0.3) is 5.91 Å². The molecule has 6 nitrogen and oxygen atoms in total. The van der Waals surface area contributed by atoms with Crippen molar-refractivity contribution in [3.8, 4) is 17.2 Å². The lowest BCUT2D eigenvalue weighted by Gasteiger charge is -2.19. The lowest BCUT2D eigenvalue weighted by atomic mass is 10.1. The fourth-order valence-corrected chi connectivity index (χ4v) is 2.25. The molecule has 0 radical (unpaired) electrons. The van der Waals surface area contributed by atoms with Gasteiger partial charge < -0.3 is 19.5 Å². The smallest absolute Gasteiger partial charge is 0.262 e. The van der Waals surface area contributed by atoms with Crippen molar-refractivity contribution in [2.45, 2.75) is 6.92 Å². The third-order valence-electron chi connectivity index (χ3n) is 3.46. The molecule has 0 spiro atoms. The van der Waals surface area contributed by atoms with Crippen molar-refractivity contribution in [1.82, 2.24) is 0 Å². The standard InChI is InChI=1S/C18H17NO5/c1-12(20)13-2-5-15(6-3-13)24-11-18(21)19-14-4-7-16-17(10-14)23-9-8-22-16/h2-7,10H,8-9,11H2,1H3,(H,19,21). The minimum absolute atomic E-state index is 0.0158. The Kier molecular flexibility index (Phi) is 4.65. The van der Waals surface area contributed by atoms with Gasteiger partial charge in [-0.05, 0) is 43.3 Å². The number of fused-ring (bicyclic) bond motifs is 1. The summed E-state index contributed by atoms with van der Waals surface area (Å²) in [6.45, 7) is 2.38. The Balaban J connectivity index is 1.55. The molecule has 1 amide bonds. The molecule has 0 aliphatic carbocycles. The fourth-order valence-electron chi connectivity index (χ4n) is 2.25. The monoisotopic (exact) mass is 327 g/mol. The third kappa shape index (κ3) is 3.84. The third-order valence-corrected chi connectivity index (χ3v) is 3.46. The molecule has 1 aliphatic heterocycles.